The van der Waals surface area contributed by atoms with Gasteiger partial charge in [-0.15, -0.1) is 0 Å². The van der Waals surface area contributed by atoms with E-state index in [1.807, 2.05) is 19.9 Å². The largest absolute Gasteiger partial charge is 0.496 e. The summed E-state index contributed by atoms with van der Waals surface area (Å²) in [6, 6.07) is 9.34. The van der Waals surface area contributed by atoms with E-state index in [1.165, 1.54) is 27.4 Å². The van der Waals surface area contributed by atoms with E-state index in [1.54, 1.807) is 30.3 Å². The number of hydrogen-bond donors (Lipinski definition) is 2. The SMILES string of the molecule is COc1ccc(OC(=O)CCC(C)=CCc2c(NC(=O)Nc3ccccc3Cl)c3c(c(C)c2OC)COC3=O)c(Cl)c1OC. The number of para-hydroxylation sites is 1. The van der Waals surface area contributed by atoms with Crippen LogP contribution in [0.1, 0.15) is 46.8 Å². The van der Waals surface area contributed by atoms with Crippen LogP contribution in [0.25, 0.3) is 0 Å². The van der Waals surface area contributed by atoms with Crippen LogP contribution in [0.2, 0.25) is 10.0 Å². The molecular weight excluding hydrogens is 611 g/mol. The Labute approximate surface area is 265 Å². The highest BCUT2D eigenvalue weighted by atomic mass is 35.5. The summed E-state index contributed by atoms with van der Waals surface area (Å²) in [5, 5.41) is 6.02. The standard InChI is InChI=1S/C32H32Cl2N2O8/c1-17(11-15-25(37)44-23-13-14-24(40-3)30(42-5)27(23)34)10-12-19-28(36-32(39)35-22-9-7-6-8-21(22)33)26-20(16-43-31(26)38)18(2)29(19)41-4/h6-10,13-14H,11-12,15-16H2,1-5H3,(H2,35,36,39). The summed E-state index contributed by atoms with van der Waals surface area (Å²) in [6.45, 7) is 3.77. The second kappa shape index (κ2) is 14.4. The fourth-order valence-electron chi connectivity index (χ4n) is 4.82. The van der Waals surface area contributed by atoms with Crippen LogP contribution in [0.5, 0.6) is 23.0 Å². The zero-order chi connectivity index (χ0) is 32.0. The molecule has 0 unspecified atom stereocenters. The lowest BCUT2D eigenvalue weighted by Gasteiger charge is -2.20. The summed E-state index contributed by atoms with van der Waals surface area (Å²) in [7, 11) is 4.44. The number of carbonyl (C=O) groups is 3. The topological polar surface area (TPSA) is 121 Å². The number of fused-ring (bicyclic) bond motifs is 1. The van der Waals surface area contributed by atoms with Crippen LogP contribution in [0.3, 0.4) is 0 Å². The van der Waals surface area contributed by atoms with Crippen LogP contribution in [0, 0.1) is 6.92 Å². The molecule has 44 heavy (non-hydrogen) atoms. The Bertz CT molecular complexity index is 1640. The third kappa shape index (κ3) is 7.03. The first-order valence-electron chi connectivity index (χ1n) is 13.6. The molecule has 1 aliphatic heterocycles. The number of urea groups is 1. The fourth-order valence-corrected chi connectivity index (χ4v) is 5.28. The lowest BCUT2D eigenvalue weighted by Crippen LogP contribution is -2.22. The molecule has 1 heterocycles. The number of anilines is 2. The second-order valence-corrected chi connectivity index (χ2v) is 10.6. The van der Waals surface area contributed by atoms with E-state index in [4.69, 9.17) is 46.9 Å². The summed E-state index contributed by atoms with van der Waals surface area (Å²) in [4.78, 5) is 38.5. The lowest BCUT2D eigenvalue weighted by atomic mass is 9.93. The van der Waals surface area contributed by atoms with Gasteiger partial charge < -0.3 is 34.3 Å². The van der Waals surface area contributed by atoms with Gasteiger partial charge in [0.2, 0.25) is 0 Å². The Kier molecular flexibility index (Phi) is 10.6. The van der Waals surface area contributed by atoms with Crippen LogP contribution in [-0.4, -0.2) is 39.3 Å². The highest BCUT2D eigenvalue weighted by Gasteiger charge is 2.33. The molecule has 0 saturated carbocycles. The minimum atomic E-state index is -0.593. The van der Waals surface area contributed by atoms with Gasteiger partial charge >= 0.3 is 18.0 Å². The number of esters is 2. The number of carbonyl (C=O) groups excluding carboxylic acids is 3. The Balaban J connectivity index is 1.54. The van der Waals surface area contributed by atoms with Crippen LogP contribution in [0.4, 0.5) is 16.2 Å². The van der Waals surface area contributed by atoms with Crippen LogP contribution < -0.4 is 29.6 Å². The van der Waals surface area contributed by atoms with Crippen molar-refractivity contribution in [3.8, 4) is 23.0 Å². The minimum Gasteiger partial charge on any atom is -0.496 e. The van der Waals surface area contributed by atoms with Crippen molar-refractivity contribution in [2.75, 3.05) is 32.0 Å². The number of cyclic esters (lactones) is 1. The molecule has 0 fully saturated rings. The number of ether oxygens (including phenoxy) is 5. The highest BCUT2D eigenvalue weighted by Crippen LogP contribution is 2.43. The molecule has 2 amide bonds. The number of hydrogen-bond acceptors (Lipinski definition) is 8. The second-order valence-electron chi connectivity index (χ2n) is 9.84. The van der Waals surface area contributed by atoms with Gasteiger partial charge in [0.1, 0.15) is 17.4 Å². The molecule has 1 aliphatic rings. The molecule has 0 aromatic heterocycles. The van der Waals surface area contributed by atoms with Gasteiger partial charge in [-0.1, -0.05) is 47.0 Å². The minimum absolute atomic E-state index is 0.0680. The van der Waals surface area contributed by atoms with Gasteiger partial charge in [-0.25, -0.2) is 9.59 Å². The van der Waals surface area contributed by atoms with Crippen molar-refractivity contribution >= 4 is 52.5 Å². The molecule has 0 spiro atoms. The zero-order valence-corrected chi connectivity index (χ0v) is 26.4. The average molecular weight is 644 g/mol. The van der Waals surface area contributed by atoms with Crippen LogP contribution in [0.15, 0.2) is 48.0 Å². The van der Waals surface area contributed by atoms with Crippen LogP contribution >= 0.6 is 23.2 Å². The molecule has 10 nitrogen and oxygen atoms in total. The molecule has 4 rings (SSSR count). The average Bonchev–Trinajstić information content (AvgIpc) is 3.40. The maximum absolute atomic E-state index is 13.1. The van der Waals surface area contributed by atoms with E-state index in [0.717, 1.165) is 11.1 Å². The molecule has 12 heteroatoms. The molecule has 232 valence electrons. The Morgan fingerprint density at radius 2 is 1.66 bits per heavy atom. The van der Waals surface area contributed by atoms with E-state index in [0.29, 0.717) is 39.8 Å². The van der Waals surface area contributed by atoms with Gasteiger partial charge in [0.05, 0.1) is 43.3 Å². The van der Waals surface area contributed by atoms with Gasteiger partial charge in [-0.2, -0.15) is 0 Å². The van der Waals surface area contributed by atoms with Gasteiger partial charge in [-0.05, 0) is 56.5 Å². The fraction of sp³-hybridized carbons (Fsp3) is 0.281. The summed E-state index contributed by atoms with van der Waals surface area (Å²) < 4.78 is 27.0. The summed E-state index contributed by atoms with van der Waals surface area (Å²) in [5.41, 5.74) is 3.78. The van der Waals surface area contributed by atoms with E-state index in [-0.39, 0.29) is 47.2 Å². The number of halogens is 2. The van der Waals surface area contributed by atoms with Gasteiger partial charge in [0.25, 0.3) is 0 Å². The molecule has 0 aliphatic carbocycles. The predicted molar refractivity (Wildman–Crippen MR) is 168 cm³/mol. The number of amides is 2. The van der Waals surface area contributed by atoms with E-state index >= 15 is 0 Å². The van der Waals surface area contributed by atoms with Crippen molar-refractivity contribution in [3.05, 3.63) is 80.3 Å². The first-order chi connectivity index (χ1) is 21.1. The Morgan fingerprint density at radius 1 is 0.955 bits per heavy atom. The van der Waals surface area contributed by atoms with Gasteiger partial charge in [0.15, 0.2) is 17.2 Å². The molecule has 0 atom stereocenters. The quantitative estimate of drug-likeness (QED) is 0.125. The highest BCUT2D eigenvalue weighted by molar-refractivity contribution is 6.34. The van der Waals surface area contributed by atoms with Crippen molar-refractivity contribution in [1.29, 1.82) is 0 Å². The van der Waals surface area contributed by atoms with Crippen molar-refractivity contribution in [2.24, 2.45) is 0 Å². The number of methoxy groups -OCH3 is 3. The molecule has 2 N–H and O–H groups in total. The molecular formula is C32H32Cl2N2O8. The summed E-state index contributed by atoms with van der Waals surface area (Å²) in [5.74, 6) is 0.324. The van der Waals surface area contributed by atoms with Crippen molar-refractivity contribution in [1.82, 2.24) is 0 Å². The first-order valence-corrected chi connectivity index (χ1v) is 14.3. The Hall–Kier alpha value is -4.41. The van der Waals surface area contributed by atoms with E-state index in [9.17, 15) is 14.4 Å². The van der Waals surface area contributed by atoms with Crippen LogP contribution in [-0.2, 0) is 22.6 Å². The molecule has 3 aromatic carbocycles. The van der Waals surface area contributed by atoms with E-state index in [2.05, 4.69) is 10.6 Å². The first kappa shape index (κ1) is 32.5. The number of benzene rings is 3. The summed E-state index contributed by atoms with van der Waals surface area (Å²) >= 11 is 12.5. The lowest BCUT2D eigenvalue weighted by molar-refractivity contribution is -0.134. The Morgan fingerprint density at radius 3 is 2.34 bits per heavy atom. The van der Waals surface area contributed by atoms with Crippen molar-refractivity contribution in [3.63, 3.8) is 0 Å². The maximum Gasteiger partial charge on any atom is 0.341 e. The summed E-state index contributed by atoms with van der Waals surface area (Å²) in [6.07, 6.45) is 2.64. The normalized spacial score (nSPS) is 12.2. The third-order valence-corrected chi connectivity index (χ3v) is 7.78. The molecule has 0 saturated heterocycles. The predicted octanol–water partition coefficient (Wildman–Crippen LogP) is 7.52. The third-order valence-electron chi connectivity index (χ3n) is 7.09. The smallest absolute Gasteiger partial charge is 0.341 e. The van der Waals surface area contributed by atoms with E-state index < -0.39 is 18.0 Å². The number of rotatable bonds is 11. The number of allylic oxidation sites excluding steroid dienone is 2. The van der Waals surface area contributed by atoms with Crippen molar-refractivity contribution in [2.45, 2.75) is 39.7 Å². The molecule has 3 aromatic rings. The molecule has 0 bridgehead atoms. The maximum atomic E-state index is 13.1. The van der Waals surface area contributed by atoms with Gasteiger partial charge in [-0.3, -0.25) is 4.79 Å². The number of nitrogens with one attached hydrogen (secondary N) is 2. The zero-order valence-electron chi connectivity index (χ0n) is 24.9. The van der Waals surface area contributed by atoms with Gasteiger partial charge in [0, 0.05) is 17.5 Å². The van der Waals surface area contributed by atoms with Crippen molar-refractivity contribution < 1.29 is 38.1 Å². The molecule has 0 radical (unpaired) electrons. The monoisotopic (exact) mass is 642 g/mol.